The van der Waals surface area contributed by atoms with Crippen LogP contribution in [0.1, 0.15) is 10.4 Å². The molecule has 0 aliphatic carbocycles. The monoisotopic (exact) mass is 300 g/mol. The zero-order valence-electron chi connectivity index (χ0n) is 11.8. The predicted octanol–water partition coefficient (Wildman–Crippen LogP) is 1.81. The van der Waals surface area contributed by atoms with Gasteiger partial charge in [0.15, 0.2) is 0 Å². The molecule has 0 saturated carbocycles. The van der Waals surface area contributed by atoms with Crippen molar-refractivity contribution in [2.24, 2.45) is 7.05 Å². The number of nitrogens with zero attached hydrogens (tertiary/aromatic N) is 4. The number of thiophene rings is 1. The molecule has 0 saturated heterocycles. The maximum Gasteiger partial charge on any atom is 0.330 e. The molecule has 0 fully saturated rings. The normalized spacial score (nSPS) is 15.5. The third kappa shape index (κ3) is 2.02. The van der Waals surface area contributed by atoms with E-state index in [9.17, 15) is 4.79 Å². The predicted molar refractivity (Wildman–Crippen MR) is 83.4 cm³/mol. The summed E-state index contributed by atoms with van der Waals surface area (Å²) < 4.78 is 3.51. The summed E-state index contributed by atoms with van der Waals surface area (Å²) in [7, 11) is 1.81. The van der Waals surface area contributed by atoms with E-state index < -0.39 is 0 Å². The topological polar surface area (TPSA) is 43.1 Å². The minimum absolute atomic E-state index is 0.0223. The highest BCUT2D eigenvalue weighted by molar-refractivity contribution is 7.10. The maximum atomic E-state index is 12.4. The summed E-state index contributed by atoms with van der Waals surface area (Å²) in [5.41, 5.74) is 3.26. The molecule has 5 nitrogen and oxygen atoms in total. The molecular weight excluding hydrogens is 284 g/mol. The first-order chi connectivity index (χ1) is 10.2. The molecular formula is C15H16N4OS. The summed E-state index contributed by atoms with van der Waals surface area (Å²) in [6.45, 7) is 2.54. The average molecular weight is 300 g/mol. The summed E-state index contributed by atoms with van der Waals surface area (Å²) in [5, 5.41) is 2.15. The van der Waals surface area contributed by atoms with Crippen LogP contribution in [0.4, 0.5) is 0 Å². The molecule has 21 heavy (non-hydrogen) atoms. The fourth-order valence-corrected chi connectivity index (χ4v) is 3.91. The Labute approximate surface area is 126 Å². The highest BCUT2D eigenvalue weighted by Gasteiger charge is 2.19. The Kier molecular flexibility index (Phi) is 2.94. The zero-order valence-corrected chi connectivity index (χ0v) is 12.6. The van der Waals surface area contributed by atoms with Gasteiger partial charge in [0.1, 0.15) is 0 Å². The van der Waals surface area contributed by atoms with Gasteiger partial charge in [-0.25, -0.2) is 4.79 Å². The minimum Gasteiger partial charge on any atom is -0.295 e. The van der Waals surface area contributed by atoms with E-state index in [1.807, 2.05) is 29.0 Å². The number of imidazole rings is 1. The van der Waals surface area contributed by atoms with Gasteiger partial charge in [-0.05, 0) is 29.5 Å². The van der Waals surface area contributed by atoms with Gasteiger partial charge in [-0.15, -0.1) is 11.3 Å². The molecule has 0 atom stereocenters. The lowest BCUT2D eigenvalue weighted by Crippen LogP contribution is -2.35. The average Bonchev–Trinajstić information content (AvgIpc) is 3.06. The number of pyridine rings is 1. The van der Waals surface area contributed by atoms with Crippen molar-refractivity contribution in [1.82, 2.24) is 19.0 Å². The summed E-state index contributed by atoms with van der Waals surface area (Å²) in [5.74, 6) is 0. The fourth-order valence-electron chi connectivity index (χ4n) is 3.02. The number of hydrogen-bond acceptors (Lipinski definition) is 4. The van der Waals surface area contributed by atoms with Crippen molar-refractivity contribution in [1.29, 1.82) is 0 Å². The van der Waals surface area contributed by atoms with E-state index in [1.54, 1.807) is 17.0 Å². The first-order valence-electron chi connectivity index (χ1n) is 7.01. The summed E-state index contributed by atoms with van der Waals surface area (Å²) in [4.78, 5) is 20.4. The number of aryl methyl sites for hydroxylation is 1. The molecule has 0 amide bonds. The van der Waals surface area contributed by atoms with Crippen molar-refractivity contribution in [2.45, 2.75) is 19.6 Å². The Hall–Kier alpha value is -1.92. The molecule has 3 aromatic heterocycles. The van der Waals surface area contributed by atoms with E-state index in [4.69, 9.17) is 0 Å². The van der Waals surface area contributed by atoms with E-state index in [0.29, 0.717) is 6.67 Å². The first kappa shape index (κ1) is 12.8. The highest BCUT2D eigenvalue weighted by atomic mass is 32.1. The number of hydrogen-bond donors (Lipinski definition) is 0. The second-order valence-electron chi connectivity index (χ2n) is 5.45. The molecule has 0 spiro atoms. The quantitative estimate of drug-likeness (QED) is 0.725. The lowest BCUT2D eigenvalue weighted by Gasteiger charge is -2.26. The molecule has 6 heteroatoms. The summed E-state index contributed by atoms with van der Waals surface area (Å²) in [6.07, 6.45) is 4.58. The third-order valence-electron chi connectivity index (χ3n) is 4.18. The third-order valence-corrected chi connectivity index (χ3v) is 5.20. The van der Waals surface area contributed by atoms with Crippen molar-refractivity contribution in [2.75, 3.05) is 6.54 Å². The van der Waals surface area contributed by atoms with Crippen LogP contribution in [0.15, 0.2) is 34.7 Å². The SMILES string of the molecule is Cn1c(=O)n(CN2CCc3sccc3C2)c2cnccc21. The minimum atomic E-state index is 0.0223. The van der Waals surface area contributed by atoms with E-state index in [-0.39, 0.29) is 5.69 Å². The maximum absolute atomic E-state index is 12.4. The summed E-state index contributed by atoms with van der Waals surface area (Å²) >= 11 is 1.83. The van der Waals surface area contributed by atoms with Crippen LogP contribution in [0.5, 0.6) is 0 Å². The number of aromatic nitrogens is 3. The van der Waals surface area contributed by atoms with E-state index in [0.717, 1.165) is 30.5 Å². The number of fused-ring (bicyclic) bond motifs is 2. The molecule has 4 rings (SSSR count). The molecule has 0 bridgehead atoms. The Morgan fingerprint density at radius 1 is 1.33 bits per heavy atom. The molecule has 1 aliphatic rings. The molecule has 1 aliphatic heterocycles. The van der Waals surface area contributed by atoms with Crippen molar-refractivity contribution in [3.8, 4) is 0 Å². The Bertz CT molecular complexity index is 860. The van der Waals surface area contributed by atoms with Crippen LogP contribution < -0.4 is 5.69 Å². The second-order valence-corrected chi connectivity index (χ2v) is 6.45. The van der Waals surface area contributed by atoms with E-state index in [1.165, 1.54) is 10.4 Å². The van der Waals surface area contributed by atoms with Crippen LogP contribution in [0, 0.1) is 0 Å². The summed E-state index contributed by atoms with van der Waals surface area (Å²) in [6, 6.07) is 4.08. The van der Waals surface area contributed by atoms with Gasteiger partial charge < -0.3 is 0 Å². The largest absolute Gasteiger partial charge is 0.330 e. The van der Waals surface area contributed by atoms with Crippen LogP contribution in [0.2, 0.25) is 0 Å². The molecule has 0 aromatic carbocycles. The smallest absolute Gasteiger partial charge is 0.295 e. The highest BCUT2D eigenvalue weighted by Crippen LogP contribution is 2.24. The molecule has 3 aromatic rings. The van der Waals surface area contributed by atoms with Crippen molar-refractivity contribution in [3.05, 3.63) is 50.8 Å². The van der Waals surface area contributed by atoms with Crippen molar-refractivity contribution in [3.63, 3.8) is 0 Å². The molecule has 0 radical (unpaired) electrons. The Morgan fingerprint density at radius 3 is 3.14 bits per heavy atom. The van der Waals surface area contributed by atoms with Gasteiger partial charge in [-0.1, -0.05) is 0 Å². The first-order valence-corrected chi connectivity index (χ1v) is 7.89. The van der Waals surface area contributed by atoms with Gasteiger partial charge in [0, 0.05) is 31.2 Å². The van der Waals surface area contributed by atoms with Crippen molar-refractivity contribution < 1.29 is 0 Å². The Morgan fingerprint density at radius 2 is 2.24 bits per heavy atom. The molecule has 0 unspecified atom stereocenters. The molecule has 108 valence electrons. The van der Waals surface area contributed by atoms with Crippen LogP contribution in [0.25, 0.3) is 11.0 Å². The van der Waals surface area contributed by atoms with E-state index in [2.05, 4.69) is 21.3 Å². The lowest BCUT2D eigenvalue weighted by molar-refractivity contribution is 0.201. The van der Waals surface area contributed by atoms with Crippen molar-refractivity contribution >= 4 is 22.4 Å². The van der Waals surface area contributed by atoms with Gasteiger partial charge in [0.25, 0.3) is 0 Å². The van der Waals surface area contributed by atoms with Crippen LogP contribution in [-0.2, 0) is 26.7 Å². The second kappa shape index (κ2) is 4.82. The molecule has 0 N–H and O–H groups in total. The van der Waals surface area contributed by atoms with E-state index >= 15 is 0 Å². The van der Waals surface area contributed by atoms with Gasteiger partial charge in [0.2, 0.25) is 0 Å². The zero-order chi connectivity index (χ0) is 14.4. The van der Waals surface area contributed by atoms with Gasteiger partial charge in [-0.3, -0.25) is 19.0 Å². The molecule has 4 heterocycles. The lowest BCUT2D eigenvalue weighted by atomic mass is 10.1. The van der Waals surface area contributed by atoms with Crippen LogP contribution in [0.3, 0.4) is 0 Å². The fraction of sp³-hybridized carbons (Fsp3) is 0.333. The van der Waals surface area contributed by atoms with Crippen LogP contribution >= 0.6 is 11.3 Å². The van der Waals surface area contributed by atoms with Gasteiger partial charge in [-0.2, -0.15) is 0 Å². The van der Waals surface area contributed by atoms with Crippen LogP contribution in [-0.4, -0.2) is 25.6 Å². The standard InChI is InChI=1S/C15H16N4OS/c1-17-12-2-5-16-8-13(12)19(15(17)20)10-18-6-3-14-11(9-18)4-7-21-14/h2,4-5,7-8H,3,6,9-10H2,1H3. The van der Waals surface area contributed by atoms with Gasteiger partial charge >= 0.3 is 5.69 Å². The Balaban J connectivity index is 1.70. The van der Waals surface area contributed by atoms with Gasteiger partial charge in [0.05, 0.1) is 23.9 Å². The number of rotatable bonds is 2.